The van der Waals surface area contributed by atoms with Crippen molar-refractivity contribution in [3.63, 3.8) is 0 Å². The van der Waals surface area contributed by atoms with Crippen LogP contribution < -0.4 is 5.73 Å². The number of hydrogen-bond acceptors (Lipinski definition) is 5. The number of nitrogens with two attached hydrogens (primary N) is 1. The van der Waals surface area contributed by atoms with Gasteiger partial charge in [-0.05, 0) is 37.5 Å². The van der Waals surface area contributed by atoms with Gasteiger partial charge in [-0.15, -0.1) is 0 Å². The van der Waals surface area contributed by atoms with Gasteiger partial charge < -0.3 is 20.5 Å². The molecule has 3 N–H and O–H groups in total. The molecular formula is C15H21N3O2. The van der Waals surface area contributed by atoms with Crippen LogP contribution in [0.25, 0.3) is 0 Å². The van der Waals surface area contributed by atoms with E-state index in [1.54, 1.807) is 12.1 Å². The summed E-state index contributed by atoms with van der Waals surface area (Å²) in [6, 6.07) is 7.29. The molecule has 1 fully saturated rings. The SMILES string of the molecule is CC1(c2ccc(O)cc2)CN=C(N)N1CC1CCCO1. The maximum Gasteiger partial charge on any atom is 0.192 e. The average Bonchev–Trinajstić information content (AvgIpc) is 3.04. The number of rotatable bonds is 3. The second-order valence-corrected chi connectivity index (χ2v) is 5.74. The number of aliphatic imine (C=N–C) groups is 1. The van der Waals surface area contributed by atoms with Crippen molar-refractivity contribution in [3.05, 3.63) is 29.8 Å². The zero-order chi connectivity index (χ0) is 14.2. The number of aromatic hydroxyl groups is 1. The predicted octanol–water partition coefficient (Wildman–Crippen LogP) is 1.42. The first kappa shape index (κ1) is 13.2. The van der Waals surface area contributed by atoms with Crippen LogP contribution in [0, 0.1) is 0 Å². The van der Waals surface area contributed by atoms with Crippen LogP contribution in [0.5, 0.6) is 5.75 Å². The smallest absolute Gasteiger partial charge is 0.192 e. The van der Waals surface area contributed by atoms with Gasteiger partial charge in [-0.1, -0.05) is 12.1 Å². The molecule has 1 aromatic carbocycles. The lowest BCUT2D eigenvalue weighted by Crippen LogP contribution is -2.50. The van der Waals surface area contributed by atoms with Gasteiger partial charge >= 0.3 is 0 Å². The number of phenolic OH excluding ortho intramolecular Hbond substituents is 1. The van der Waals surface area contributed by atoms with Gasteiger partial charge in [0, 0.05) is 13.2 Å². The number of guanidine groups is 1. The Morgan fingerprint density at radius 2 is 2.20 bits per heavy atom. The summed E-state index contributed by atoms with van der Waals surface area (Å²) >= 11 is 0. The van der Waals surface area contributed by atoms with Crippen LogP contribution in [0.2, 0.25) is 0 Å². The molecular weight excluding hydrogens is 254 g/mol. The molecule has 0 aliphatic carbocycles. The maximum absolute atomic E-state index is 9.44. The van der Waals surface area contributed by atoms with Gasteiger partial charge in [-0.3, -0.25) is 4.99 Å². The molecule has 5 nitrogen and oxygen atoms in total. The first-order valence-corrected chi connectivity index (χ1v) is 7.08. The zero-order valence-electron chi connectivity index (χ0n) is 11.7. The fourth-order valence-electron chi connectivity index (χ4n) is 3.01. The van der Waals surface area contributed by atoms with Gasteiger partial charge in [0.1, 0.15) is 5.75 Å². The van der Waals surface area contributed by atoms with E-state index in [9.17, 15) is 5.11 Å². The molecule has 2 unspecified atom stereocenters. The van der Waals surface area contributed by atoms with Crippen LogP contribution in [0.15, 0.2) is 29.3 Å². The minimum absolute atomic E-state index is 0.235. The van der Waals surface area contributed by atoms with Crippen molar-refractivity contribution in [2.24, 2.45) is 10.7 Å². The highest BCUT2D eigenvalue weighted by atomic mass is 16.5. The minimum atomic E-state index is -0.260. The lowest BCUT2D eigenvalue weighted by atomic mass is 9.90. The van der Waals surface area contributed by atoms with Gasteiger partial charge in [-0.25, -0.2) is 0 Å². The Bertz CT molecular complexity index is 508. The Labute approximate surface area is 119 Å². The molecule has 1 aromatic rings. The highest BCUT2D eigenvalue weighted by molar-refractivity contribution is 5.81. The van der Waals surface area contributed by atoms with Gasteiger partial charge in [0.25, 0.3) is 0 Å². The molecule has 5 heteroatoms. The van der Waals surface area contributed by atoms with Crippen molar-refractivity contribution in [2.45, 2.75) is 31.4 Å². The largest absolute Gasteiger partial charge is 0.508 e. The molecule has 20 heavy (non-hydrogen) atoms. The van der Waals surface area contributed by atoms with Gasteiger partial charge in [0.05, 0.1) is 18.2 Å². The molecule has 0 amide bonds. The summed E-state index contributed by atoms with van der Waals surface area (Å²) in [7, 11) is 0. The van der Waals surface area contributed by atoms with Crippen molar-refractivity contribution in [2.75, 3.05) is 19.7 Å². The van der Waals surface area contributed by atoms with Crippen LogP contribution in [0.3, 0.4) is 0 Å². The van der Waals surface area contributed by atoms with Crippen molar-refractivity contribution in [1.82, 2.24) is 4.90 Å². The van der Waals surface area contributed by atoms with Crippen molar-refractivity contribution in [1.29, 1.82) is 0 Å². The molecule has 2 atom stereocenters. The van der Waals surface area contributed by atoms with Gasteiger partial charge in [-0.2, -0.15) is 0 Å². The lowest BCUT2D eigenvalue weighted by molar-refractivity contribution is 0.0690. The first-order chi connectivity index (χ1) is 9.59. The lowest BCUT2D eigenvalue weighted by Gasteiger charge is -2.38. The summed E-state index contributed by atoms with van der Waals surface area (Å²) in [5, 5.41) is 9.44. The molecule has 2 heterocycles. The number of ether oxygens (including phenoxy) is 1. The summed E-state index contributed by atoms with van der Waals surface area (Å²) in [5.41, 5.74) is 6.92. The van der Waals surface area contributed by atoms with Crippen molar-refractivity contribution in [3.8, 4) is 5.75 Å². The Kier molecular flexibility index (Phi) is 3.30. The van der Waals surface area contributed by atoms with Crippen LogP contribution in [0.4, 0.5) is 0 Å². The van der Waals surface area contributed by atoms with Crippen LogP contribution in [0.1, 0.15) is 25.3 Å². The van der Waals surface area contributed by atoms with E-state index in [4.69, 9.17) is 10.5 Å². The number of phenols is 1. The van der Waals surface area contributed by atoms with E-state index in [2.05, 4.69) is 16.8 Å². The van der Waals surface area contributed by atoms with Gasteiger partial charge in [0.15, 0.2) is 5.96 Å². The first-order valence-electron chi connectivity index (χ1n) is 7.08. The normalized spacial score (nSPS) is 29.8. The zero-order valence-corrected chi connectivity index (χ0v) is 11.7. The molecule has 0 bridgehead atoms. The Hall–Kier alpha value is -1.75. The van der Waals surface area contributed by atoms with Crippen molar-refractivity contribution >= 4 is 5.96 Å². The van der Waals surface area contributed by atoms with E-state index in [1.165, 1.54) is 0 Å². The highest BCUT2D eigenvalue weighted by Crippen LogP contribution is 2.34. The van der Waals surface area contributed by atoms with Crippen molar-refractivity contribution < 1.29 is 9.84 Å². The quantitative estimate of drug-likeness (QED) is 0.875. The topological polar surface area (TPSA) is 71.1 Å². The Balaban J connectivity index is 1.84. The third kappa shape index (κ3) is 2.22. The van der Waals surface area contributed by atoms with E-state index >= 15 is 0 Å². The molecule has 108 valence electrons. The summed E-state index contributed by atoms with van der Waals surface area (Å²) in [4.78, 5) is 6.55. The monoisotopic (exact) mass is 275 g/mol. The highest BCUT2D eigenvalue weighted by Gasteiger charge is 2.40. The second kappa shape index (κ2) is 4.98. The fraction of sp³-hybridized carbons (Fsp3) is 0.533. The van der Waals surface area contributed by atoms with Crippen LogP contribution in [-0.2, 0) is 10.3 Å². The third-order valence-corrected chi connectivity index (χ3v) is 4.32. The predicted molar refractivity (Wildman–Crippen MR) is 77.6 cm³/mol. The fourth-order valence-corrected chi connectivity index (χ4v) is 3.01. The van der Waals surface area contributed by atoms with Crippen LogP contribution >= 0.6 is 0 Å². The average molecular weight is 275 g/mol. The van der Waals surface area contributed by atoms with E-state index < -0.39 is 0 Å². The number of nitrogens with zero attached hydrogens (tertiary/aromatic N) is 2. The standard InChI is InChI=1S/C15H21N3O2/c1-15(11-4-6-12(19)7-5-11)10-17-14(16)18(15)9-13-3-2-8-20-13/h4-7,13,19H,2-3,8-10H2,1H3,(H2,16,17). The van der Waals surface area contributed by atoms with Crippen LogP contribution in [-0.4, -0.2) is 41.8 Å². The number of benzene rings is 1. The summed E-state index contributed by atoms with van der Waals surface area (Å²) < 4.78 is 5.72. The second-order valence-electron chi connectivity index (χ2n) is 5.74. The van der Waals surface area contributed by atoms with E-state index in [0.29, 0.717) is 12.5 Å². The number of hydrogen-bond donors (Lipinski definition) is 2. The molecule has 1 saturated heterocycles. The van der Waals surface area contributed by atoms with E-state index in [-0.39, 0.29) is 17.4 Å². The molecule has 0 spiro atoms. The summed E-state index contributed by atoms with van der Waals surface area (Å²) in [6.07, 6.45) is 2.43. The summed E-state index contributed by atoms with van der Waals surface area (Å²) in [6.45, 7) is 4.38. The Morgan fingerprint density at radius 3 is 2.85 bits per heavy atom. The van der Waals surface area contributed by atoms with E-state index in [0.717, 1.165) is 31.6 Å². The molecule has 0 radical (unpaired) electrons. The molecule has 0 aromatic heterocycles. The summed E-state index contributed by atoms with van der Waals surface area (Å²) in [5.74, 6) is 0.853. The van der Waals surface area contributed by atoms with E-state index in [1.807, 2.05) is 12.1 Å². The Morgan fingerprint density at radius 1 is 1.45 bits per heavy atom. The molecule has 2 aliphatic heterocycles. The minimum Gasteiger partial charge on any atom is -0.508 e. The molecule has 2 aliphatic rings. The van der Waals surface area contributed by atoms with Gasteiger partial charge in [0.2, 0.25) is 0 Å². The maximum atomic E-state index is 9.44. The third-order valence-electron chi connectivity index (χ3n) is 4.32. The molecule has 0 saturated carbocycles. The molecule has 3 rings (SSSR count).